The van der Waals surface area contributed by atoms with Gasteiger partial charge in [0.2, 0.25) is 6.29 Å². The molecule has 2 aliphatic rings. The highest BCUT2D eigenvalue weighted by Crippen LogP contribution is 2.36. The molecule has 1 aromatic heterocycles. The summed E-state index contributed by atoms with van der Waals surface area (Å²) in [5.41, 5.74) is 3.68. The maximum Gasteiger partial charge on any atom is 0.286 e. The zero-order valence-corrected chi connectivity index (χ0v) is 17.8. The molecule has 2 aromatic carbocycles. The molecule has 1 aliphatic carbocycles. The Morgan fingerprint density at radius 2 is 1.88 bits per heavy atom. The van der Waals surface area contributed by atoms with Crippen LogP contribution in [0.2, 0.25) is 0 Å². The van der Waals surface area contributed by atoms with E-state index in [4.69, 9.17) is 13.9 Å². The number of ether oxygens (including phenoxy) is 2. The maximum atomic E-state index is 12.8. The smallest absolute Gasteiger partial charge is 0.286 e. The van der Waals surface area contributed by atoms with E-state index >= 15 is 0 Å². The van der Waals surface area contributed by atoms with E-state index in [9.17, 15) is 9.90 Å². The Kier molecular flexibility index (Phi) is 5.97. The predicted octanol–water partition coefficient (Wildman–Crippen LogP) is 4.38. The molecule has 0 saturated heterocycles. The van der Waals surface area contributed by atoms with Crippen LogP contribution in [0.1, 0.15) is 41.9 Å². The van der Waals surface area contributed by atoms with Crippen molar-refractivity contribution in [2.75, 3.05) is 6.54 Å². The molecule has 5 rings (SSSR count). The van der Waals surface area contributed by atoms with Crippen LogP contribution in [0.15, 0.2) is 71.0 Å². The molecule has 0 spiro atoms. The summed E-state index contributed by atoms with van der Waals surface area (Å²) in [4.78, 5) is 12.8. The Hall–Kier alpha value is -3.09. The van der Waals surface area contributed by atoms with E-state index in [-0.39, 0.29) is 18.4 Å². The zero-order valence-electron chi connectivity index (χ0n) is 17.8. The second kappa shape index (κ2) is 9.18. The lowest BCUT2D eigenvalue weighted by molar-refractivity contribution is -0.150. The summed E-state index contributed by atoms with van der Waals surface area (Å²) in [6.07, 6.45) is 6.02. The van der Waals surface area contributed by atoms with Gasteiger partial charge >= 0.3 is 0 Å². The molecule has 1 fully saturated rings. The first-order valence-electron chi connectivity index (χ1n) is 11.1. The van der Waals surface area contributed by atoms with E-state index in [0.717, 1.165) is 27.7 Å². The number of allylic oxidation sites excluding steroid dienone is 1. The van der Waals surface area contributed by atoms with Gasteiger partial charge in [0.05, 0.1) is 19.5 Å². The monoisotopic (exact) mass is 433 g/mol. The Bertz CT molecular complexity index is 1110. The van der Waals surface area contributed by atoms with Crippen LogP contribution in [-0.2, 0) is 27.5 Å². The third kappa shape index (κ3) is 4.71. The SMILES string of the molecule is O=C(NCC1CC1)C1=C[C@H](c2coc3ccccc23)C[C@H](OCc2ccc(CO)cc2)O1. The number of fused-ring (bicyclic) bond motifs is 1. The van der Waals surface area contributed by atoms with Gasteiger partial charge in [0, 0.05) is 29.8 Å². The first-order valence-corrected chi connectivity index (χ1v) is 11.1. The molecule has 2 atom stereocenters. The molecule has 3 aromatic rings. The van der Waals surface area contributed by atoms with Crippen LogP contribution >= 0.6 is 0 Å². The molecule has 1 aliphatic heterocycles. The third-order valence-corrected chi connectivity index (χ3v) is 6.08. The number of hydrogen-bond donors (Lipinski definition) is 2. The molecule has 166 valence electrons. The van der Waals surface area contributed by atoms with E-state index in [1.165, 1.54) is 12.8 Å². The normalized spacial score (nSPS) is 20.6. The van der Waals surface area contributed by atoms with Gasteiger partial charge in [-0.05, 0) is 42.0 Å². The second-order valence-corrected chi connectivity index (χ2v) is 8.55. The summed E-state index contributed by atoms with van der Waals surface area (Å²) in [5.74, 6) is 0.629. The highest BCUT2D eigenvalue weighted by Gasteiger charge is 2.31. The van der Waals surface area contributed by atoms with Crippen LogP contribution in [0.4, 0.5) is 0 Å². The number of carbonyl (C=O) groups is 1. The number of aliphatic hydroxyl groups excluding tert-OH is 1. The van der Waals surface area contributed by atoms with Crippen LogP contribution in [0.3, 0.4) is 0 Å². The number of aliphatic hydroxyl groups is 1. The van der Waals surface area contributed by atoms with Crippen molar-refractivity contribution in [1.29, 1.82) is 0 Å². The summed E-state index contributed by atoms with van der Waals surface area (Å²) in [6, 6.07) is 15.5. The molecule has 6 heteroatoms. The standard InChI is InChI=1S/C26H27NO5/c28-14-18-7-9-19(10-8-18)15-31-25-12-20(22-16-30-23-4-2-1-3-21(22)23)11-24(32-25)26(29)27-13-17-5-6-17/h1-4,7-11,16-17,20,25,28H,5-6,12-15H2,(H,27,29)/t20-,25+/m0/s1. The molecule has 1 saturated carbocycles. The molecule has 0 bridgehead atoms. The molecule has 6 nitrogen and oxygen atoms in total. The van der Waals surface area contributed by atoms with Gasteiger partial charge in [-0.25, -0.2) is 0 Å². The van der Waals surface area contributed by atoms with Crippen molar-refractivity contribution in [2.24, 2.45) is 5.92 Å². The minimum absolute atomic E-state index is 0.0112. The first-order chi connectivity index (χ1) is 15.7. The van der Waals surface area contributed by atoms with Crippen molar-refractivity contribution in [3.8, 4) is 0 Å². The van der Waals surface area contributed by atoms with Crippen LogP contribution in [0.5, 0.6) is 0 Å². The number of amides is 1. The van der Waals surface area contributed by atoms with Crippen LogP contribution in [0.25, 0.3) is 11.0 Å². The van der Waals surface area contributed by atoms with Gasteiger partial charge in [-0.15, -0.1) is 0 Å². The van der Waals surface area contributed by atoms with Crippen molar-refractivity contribution < 1.29 is 23.8 Å². The van der Waals surface area contributed by atoms with Crippen molar-refractivity contribution in [1.82, 2.24) is 5.32 Å². The van der Waals surface area contributed by atoms with Crippen molar-refractivity contribution >= 4 is 16.9 Å². The molecular formula is C26H27NO5. The Morgan fingerprint density at radius 3 is 2.66 bits per heavy atom. The molecule has 2 heterocycles. The Morgan fingerprint density at radius 1 is 1.09 bits per heavy atom. The number of benzene rings is 2. The summed E-state index contributed by atoms with van der Waals surface area (Å²) in [6.45, 7) is 1.05. The van der Waals surface area contributed by atoms with Gasteiger partial charge in [0.25, 0.3) is 5.91 Å². The van der Waals surface area contributed by atoms with E-state index in [1.54, 1.807) is 6.26 Å². The van der Waals surface area contributed by atoms with Gasteiger partial charge in [0.1, 0.15) is 5.58 Å². The highest BCUT2D eigenvalue weighted by molar-refractivity contribution is 5.92. The van der Waals surface area contributed by atoms with Crippen LogP contribution in [0, 0.1) is 5.92 Å². The van der Waals surface area contributed by atoms with Gasteiger partial charge in [-0.2, -0.15) is 0 Å². The summed E-state index contributed by atoms with van der Waals surface area (Å²) in [5, 5.41) is 13.2. The van der Waals surface area contributed by atoms with Gasteiger partial charge in [0.15, 0.2) is 5.76 Å². The number of nitrogens with one attached hydrogen (secondary N) is 1. The lowest BCUT2D eigenvalue weighted by atomic mass is 9.92. The number of hydrogen-bond acceptors (Lipinski definition) is 5. The number of carbonyl (C=O) groups excluding carboxylic acids is 1. The second-order valence-electron chi connectivity index (χ2n) is 8.55. The number of para-hydroxylation sites is 1. The highest BCUT2D eigenvalue weighted by atomic mass is 16.7. The fraction of sp³-hybridized carbons (Fsp3) is 0.346. The minimum Gasteiger partial charge on any atom is -0.464 e. The fourth-order valence-electron chi connectivity index (χ4n) is 4.00. The largest absolute Gasteiger partial charge is 0.464 e. The average Bonchev–Trinajstić information content (AvgIpc) is 3.57. The first kappa shape index (κ1) is 20.8. The van der Waals surface area contributed by atoms with Gasteiger partial charge < -0.3 is 24.3 Å². The van der Waals surface area contributed by atoms with Crippen molar-refractivity contribution in [3.63, 3.8) is 0 Å². The van der Waals surface area contributed by atoms with Crippen molar-refractivity contribution in [2.45, 2.75) is 44.7 Å². The van der Waals surface area contributed by atoms with E-state index in [0.29, 0.717) is 31.2 Å². The van der Waals surface area contributed by atoms with E-state index in [1.807, 2.05) is 54.6 Å². The maximum absolute atomic E-state index is 12.8. The van der Waals surface area contributed by atoms with E-state index in [2.05, 4.69) is 5.32 Å². The Balaban J connectivity index is 1.34. The number of furan rings is 1. The predicted molar refractivity (Wildman–Crippen MR) is 119 cm³/mol. The van der Waals surface area contributed by atoms with Crippen molar-refractivity contribution in [3.05, 3.63) is 83.3 Å². The zero-order chi connectivity index (χ0) is 21.9. The average molecular weight is 434 g/mol. The molecule has 0 radical (unpaired) electrons. The molecule has 1 amide bonds. The topological polar surface area (TPSA) is 80.9 Å². The summed E-state index contributed by atoms with van der Waals surface area (Å²) >= 11 is 0. The van der Waals surface area contributed by atoms with Gasteiger partial charge in [-0.1, -0.05) is 42.5 Å². The molecule has 32 heavy (non-hydrogen) atoms. The molecular weight excluding hydrogens is 406 g/mol. The third-order valence-electron chi connectivity index (χ3n) is 6.08. The molecule has 0 unspecified atom stereocenters. The lowest BCUT2D eigenvalue weighted by Crippen LogP contribution is -2.33. The fourth-order valence-corrected chi connectivity index (χ4v) is 4.00. The quantitative estimate of drug-likeness (QED) is 0.551. The minimum atomic E-state index is -0.558. The summed E-state index contributed by atoms with van der Waals surface area (Å²) in [7, 11) is 0. The number of rotatable bonds is 8. The molecule has 2 N–H and O–H groups in total. The van der Waals surface area contributed by atoms with E-state index < -0.39 is 6.29 Å². The summed E-state index contributed by atoms with van der Waals surface area (Å²) < 4.78 is 17.8. The lowest BCUT2D eigenvalue weighted by Gasteiger charge is -2.29. The van der Waals surface area contributed by atoms with Crippen LogP contribution in [-0.4, -0.2) is 23.8 Å². The van der Waals surface area contributed by atoms with Crippen LogP contribution < -0.4 is 5.32 Å². The Labute approximate surface area is 186 Å². The van der Waals surface area contributed by atoms with Gasteiger partial charge in [-0.3, -0.25) is 4.79 Å².